The molecular weight excluding hydrogens is 299 g/mol. The maximum atomic E-state index is 11.2. The van der Waals surface area contributed by atoms with Crippen molar-refractivity contribution in [3.63, 3.8) is 0 Å². The lowest BCUT2D eigenvalue weighted by Crippen LogP contribution is -1.98. The molecule has 0 spiro atoms. The Morgan fingerprint density at radius 2 is 2.10 bits per heavy atom. The predicted molar refractivity (Wildman–Crippen MR) is 79.8 cm³/mol. The highest BCUT2D eigenvalue weighted by Gasteiger charge is 2.10. The summed E-state index contributed by atoms with van der Waals surface area (Å²) in [4.78, 5) is 11.2. The number of rotatable bonds is 4. The largest absolute Gasteiger partial charge is 0.463 e. The van der Waals surface area contributed by atoms with Crippen molar-refractivity contribution in [2.45, 2.75) is 6.92 Å². The van der Waals surface area contributed by atoms with Crippen LogP contribution in [0.4, 0.5) is 0 Å². The fourth-order valence-electron chi connectivity index (χ4n) is 1.62. The van der Waals surface area contributed by atoms with Crippen molar-refractivity contribution < 1.29 is 13.9 Å². The molecule has 104 valence electrons. The van der Waals surface area contributed by atoms with Gasteiger partial charge in [0.25, 0.3) is 0 Å². The SMILES string of the molecule is CCOC(=O)C=Cc1ccc(-c2cccc(Cl)c2Cl)o1. The highest BCUT2D eigenvalue weighted by molar-refractivity contribution is 6.43. The van der Waals surface area contributed by atoms with Crippen molar-refractivity contribution in [3.05, 3.63) is 52.2 Å². The van der Waals surface area contributed by atoms with Gasteiger partial charge in [-0.3, -0.25) is 0 Å². The van der Waals surface area contributed by atoms with Crippen LogP contribution < -0.4 is 0 Å². The number of carbonyl (C=O) groups excluding carboxylic acids is 1. The van der Waals surface area contributed by atoms with Crippen molar-refractivity contribution >= 4 is 35.2 Å². The summed E-state index contributed by atoms with van der Waals surface area (Å²) in [5, 5.41) is 0.897. The summed E-state index contributed by atoms with van der Waals surface area (Å²) >= 11 is 12.1. The van der Waals surface area contributed by atoms with Gasteiger partial charge in [0.2, 0.25) is 0 Å². The van der Waals surface area contributed by atoms with E-state index in [9.17, 15) is 4.79 Å². The highest BCUT2D eigenvalue weighted by atomic mass is 35.5. The van der Waals surface area contributed by atoms with Crippen LogP contribution in [0.5, 0.6) is 0 Å². The lowest BCUT2D eigenvalue weighted by atomic mass is 10.2. The molecule has 0 N–H and O–H groups in total. The molecule has 0 saturated carbocycles. The molecule has 1 heterocycles. The average molecular weight is 311 g/mol. The summed E-state index contributed by atoms with van der Waals surface area (Å²) in [7, 11) is 0. The van der Waals surface area contributed by atoms with Gasteiger partial charge in [-0.15, -0.1) is 0 Å². The summed E-state index contributed by atoms with van der Waals surface area (Å²) in [6.07, 6.45) is 2.85. The Labute approximate surface area is 126 Å². The van der Waals surface area contributed by atoms with Crippen molar-refractivity contribution in [1.29, 1.82) is 0 Å². The van der Waals surface area contributed by atoms with Crippen molar-refractivity contribution in [3.8, 4) is 11.3 Å². The molecule has 0 atom stereocenters. The fraction of sp³-hybridized carbons (Fsp3) is 0.133. The highest BCUT2D eigenvalue weighted by Crippen LogP contribution is 2.34. The summed E-state index contributed by atoms with van der Waals surface area (Å²) in [6.45, 7) is 2.09. The second-order valence-electron chi connectivity index (χ2n) is 3.89. The molecule has 1 aromatic carbocycles. The smallest absolute Gasteiger partial charge is 0.330 e. The van der Waals surface area contributed by atoms with E-state index in [1.165, 1.54) is 6.08 Å². The summed E-state index contributed by atoms with van der Waals surface area (Å²) < 4.78 is 10.4. The van der Waals surface area contributed by atoms with Gasteiger partial charge in [-0.25, -0.2) is 4.79 Å². The Bertz CT molecular complexity index is 644. The van der Waals surface area contributed by atoms with E-state index >= 15 is 0 Å². The van der Waals surface area contributed by atoms with Crippen LogP contribution in [0.25, 0.3) is 17.4 Å². The van der Waals surface area contributed by atoms with E-state index in [2.05, 4.69) is 0 Å². The molecular formula is C15H12Cl2O3. The zero-order valence-corrected chi connectivity index (χ0v) is 12.2. The van der Waals surface area contributed by atoms with E-state index in [1.807, 2.05) is 6.07 Å². The number of halogens is 2. The number of ether oxygens (including phenoxy) is 1. The van der Waals surface area contributed by atoms with E-state index in [0.717, 1.165) is 0 Å². The van der Waals surface area contributed by atoms with Crippen LogP contribution in [0.15, 0.2) is 40.8 Å². The Morgan fingerprint density at radius 3 is 2.85 bits per heavy atom. The maximum absolute atomic E-state index is 11.2. The van der Waals surface area contributed by atoms with Gasteiger partial charge in [-0.05, 0) is 37.3 Å². The van der Waals surface area contributed by atoms with Gasteiger partial charge in [-0.1, -0.05) is 29.3 Å². The van der Waals surface area contributed by atoms with Crippen LogP contribution in [-0.4, -0.2) is 12.6 Å². The molecule has 0 aliphatic carbocycles. The number of esters is 1. The van der Waals surface area contributed by atoms with Gasteiger partial charge >= 0.3 is 5.97 Å². The van der Waals surface area contributed by atoms with Gasteiger partial charge in [0, 0.05) is 11.6 Å². The van der Waals surface area contributed by atoms with E-state index in [0.29, 0.717) is 33.7 Å². The van der Waals surface area contributed by atoms with E-state index in [4.69, 9.17) is 32.4 Å². The van der Waals surface area contributed by atoms with Gasteiger partial charge in [0.15, 0.2) is 0 Å². The molecule has 2 rings (SSSR count). The molecule has 20 heavy (non-hydrogen) atoms. The van der Waals surface area contributed by atoms with E-state index in [-0.39, 0.29) is 0 Å². The minimum absolute atomic E-state index is 0.338. The lowest BCUT2D eigenvalue weighted by Gasteiger charge is -2.01. The minimum atomic E-state index is -0.411. The number of hydrogen-bond donors (Lipinski definition) is 0. The molecule has 0 amide bonds. The molecule has 0 aliphatic heterocycles. The first-order valence-electron chi connectivity index (χ1n) is 6.01. The van der Waals surface area contributed by atoms with Gasteiger partial charge in [-0.2, -0.15) is 0 Å². The molecule has 1 aromatic heterocycles. The Kier molecular flexibility index (Phi) is 4.88. The zero-order chi connectivity index (χ0) is 14.5. The second-order valence-corrected chi connectivity index (χ2v) is 4.67. The Balaban J connectivity index is 2.21. The first-order chi connectivity index (χ1) is 9.61. The standard InChI is InChI=1S/C15H12Cl2O3/c1-2-19-14(18)9-7-10-6-8-13(20-10)11-4-3-5-12(16)15(11)17/h3-9H,2H2,1H3. The van der Waals surface area contributed by atoms with Crippen LogP contribution >= 0.6 is 23.2 Å². The first-order valence-corrected chi connectivity index (χ1v) is 6.76. The molecule has 0 aliphatic rings. The molecule has 5 heteroatoms. The molecule has 2 aromatic rings. The molecule has 0 fully saturated rings. The topological polar surface area (TPSA) is 39.4 Å². The number of furan rings is 1. The Morgan fingerprint density at radius 1 is 1.30 bits per heavy atom. The molecule has 0 unspecified atom stereocenters. The maximum Gasteiger partial charge on any atom is 0.330 e. The van der Waals surface area contributed by atoms with Crippen LogP contribution in [0.2, 0.25) is 10.0 Å². The third-order valence-corrected chi connectivity index (χ3v) is 3.33. The quantitative estimate of drug-likeness (QED) is 0.600. The summed E-state index contributed by atoms with van der Waals surface area (Å²) in [5.74, 6) is 0.705. The lowest BCUT2D eigenvalue weighted by molar-refractivity contribution is -0.137. The van der Waals surface area contributed by atoms with Crippen LogP contribution in [0.1, 0.15) is 12.7 Å². The van der Waals surface area contributed by atoms with Crippen LogP contribution in [-0.2, 0) is 9.53 Å². The van der Waals surface area contributed by atoms with Crippen LogP contribution in [0, 0.1) is 0 Å². The minimum Gasteiger partial charge on any atom is -0.463 e. The Hall–Kier alpha value is -1.71. The van der Waals surface area contributed by atoms with Crippen molar-refractivity contribution in [2.75, 3.05) is 6.61 Å². The fourth-order valence-corrected chi connectivity index (χ4v) is 2.02. The number of benzene rings is 1. The third kappa shape index (κ3) is 3.44. The first kappa shape index (κ1) is 14.7. The second kappa shape index (κ2) is 6.64. The number of hydrogen-bond acceptors (Lipinski definition) is 3. The monoisotopic (exact) mass is 310 g/mol. The normalized spacial score (nSPS) is 10.9. The van der Waals surface area contributed by atoms with Crippen LogP contribution in [0.3, 0.4) is 0 Å². The predicted octanol–water partition coefficient (Wildman–Crippen LogP) is 4.83. The third-order valence-electron chi connectivity index (χ3n) is 2.51. The van der Waals surface area contributed by atoms with Crippen molar-refractivity contribution in [1.82, 2.24) is 0 Å². The molecule has 0 radical (unpaired) electrons. The zero-order valence-electron chi connectivity index (χ0n) is 10.7. The number of carbonyl (C=O) groups is 1. The van der Waals surface area contributed by atoms with Crippen molar-refractivity contribution in [2.24, 2.45) is 0 Å². The molecule has 0 saturated heterocycles. The van der Waals surface area contributed by atoms with Gasteiger partial charge in [0.05, 0.1) is 16.7 Å². The van der Waals surface area contributed by atoms with E-state index in [1.54, 1.807) is 37.3 Å². The van der Waals surface area contributed by atoms with Gasteiger partial charge in [0.1, 0.15) is 11.5 Å². The molecule has 0 bridgehead atoms. The van der Waals surface area contributed by atoms with E-state index < -0.39 is 5.97 Å². The molecule has 3 nitrogen and oxygen atoms in total. The van der Waals surface area contributed by atoms with Gasteiger partial charge < -0.3 is 9.15 Å². The summed E-state index contributed by atoms with van der Waals surface area (Å²) in [5.41, 5.74) is 0.704. The summed E-state index contributed by atoms with van der Waals surface area (Å²) in [6, 6.07) is 8.81. The average Bonchev–Trinajstić information content (AvgIpc) is 2.89.